The van der Waals surface area contributed by atoms with E-state index in [2.05, 4.69) is 48.4 Å². The lowest BCUT2D eigenvalue weighted by atomic mass is 10.0. The van der Waals surface area contributed by atoms with Crippen LogP contribution in [0.4, 0.5) is 11.4 Å². The fourth-order valence-corrected chi connectivity index (χ4v) is 4.15. The molecule has 0 saturated carbocycles. The number of benzene rings is 2. The van der Waals surface area contributed by atoms with Crippen molar-refractivity contribution in [3.05, 3.63) is 71.4 Å². The maximum atomic E-state index is 12.9. The van der Waals surface area contributed by atoms with Crippen molar-refractivity contribution in [1.82, 2.24) is 10.3 Å². The summed E-state index contributed by atoms with van der Waals surface area (Å²) >= 11 is 0. The van der Waals surface area contributed by atoms with Gasteiger partial charge in [-0.1, -0.05) is 18.1 Å². The number of rotatable bonds is 9. The van der Waals surface area contributed by atoms with Crippen molar-refractivity contribution in [2.45, 2.75) is 45.3 Å². The van der Waals surface area contributed by atoms with Gasteiger partial charge in [-0.05, 0) is 51.1 Å². The number of anilines is 2. The van der Waals surface area contributed by atoms with Crippen LogP contribution in [0, 0.1) is 23.7 Å². The van der Waals surface area contributed by atoms with E-state index in [0.717, 1.165) is 23.2 Å². The minimum Gasteiger partial charge on any atom is -0.488 e. The van der Waals surface area contributed by atoms with Gasteiger partial charge >= 0.3 is 0 Å². The first-order chi connectivity index (χ1) is 18.3. The van der Waals surface area contributed by atoms with Gasteiger partial charge in [0.1, 0.15) is 17.9 Å². The largest absolute Gasteiger partial charge is 0.488 e. The first-order valence-electron chi connectivity index (χ1n) is 12.6. The average Bonchev–Trinajstić information content (AvgIpc) is 3.40. The molecular weight excluding hydrogens is 476 g/mol. The maximum absolute atomic E-state index is 12.9. The Balaban J connectivity index is 1.71. The van der Waals surface area contributed by atoms with Crippen molar-refractivity contribution in [1.29, 1.82) is 5.26 Å². The molecule has 1 atom stereocenters. The molecule has 1 saturated heterocycles. The molecule has 0 radical (unpaired) electrons. The number of aromatic nitrogens is 1. The number of nitriles is 1. The average molecular weight is 509 g/mol. The van der Waals surface area contributed by atoms with Crippen molar-refractivity contribution in [2.75, 3.05) is 25.1 Å². The SMILES string of the molecule is C#Cc1cccc(Nc2c(C#N)cnc3cc(O[C@H]4CCOC4)c(CC(=O)/C=C/CNC(C)(C)C)cc23)c1. The fourth-order valence-electron chi connectivity index (χ4n) is 4.15. The van der Waals surface area contributed by atoms with Crippen LogP contribution in [-0.2, 0) is 16.0 Å². The Morgan fingerprint density at radius 1 is 1.32 bits per heavy atom. The van der Waals surface area contributed by atoms with Crippen LogP contribution < -0.4 is 15.4 Å². The molecule has 2 N–H and O–H groups in total. The third-order valence-corrected chi connectivity index (χ3v) is 6.07. The highest BCUT2D eigenvalue weighted by Gasteiger charge is 2.21. The lowest BCUT2D eigenvalue weighted by molar-refractivity contribution is -0.114. The Morgan fingerprint density at radius 2 is 2.16 bits per heavy atom. The van der Waals surface area contributed by atoms with Crippen LogP contribution in [0.15, 0.2) is 54.7 Å². The smallest absolute Gasteiger partial charge is 0.159 e. The molecule has 0 amide bonds. The molecule has 0 aliphatic carbocycles. The normalized spacial score (nSPS) is 15.3. The van der Waals surface area contributed by atoms with Crippen LogP contribution in [0.3, 0.4) is 0 Å². The summed E-state index contributed by atoms with van der Waals surface area (Å²) in [6.45, 7) is 7.97. The van der Waals surface area contributed by atoms with Gasteiger partial charge in [-0.2, -0.15) is 5.26 Å². The predicted molar refractivity (Wildman–Crippen MR) is 150 cm³/mol. The van der Waals surface area contributed by atoms with Crippen molar-refractivity contribution < 1.29 is 14.3 Å². The zero-order valence-electron chi connectivity index (χ0n) is 22.0. The topological polar surface area (TPSA) is 96.3 Å². The number of hydrogen-bond donors (Lipinski definition) is 2. The number of hydrogen-bond acceptors (Lipinski definition) is 7. The first kappa shape index (κ1) is 26.9. The highest BCUT2D eigenvalue weighted by atomic mass is 16.5. The summed E-state index contributed by atoms with van der Waals surface area (Å²) in [5, 5.41) is 17.2. The predicted octanol–water partition coefficient (Wildman–Crippen LogP) is 5.05. The summed E-state index contributed by atoms with van der Waals surface area (Å²) in [4.78, 5) is 17.4. The molecular formula is C31H32N4O3. The molecule has 1 fully saturated rings. The van der Waals surface area contributed by atoms with E-state index >= 15 is 0 Å². The molecule has 7 heteroatoms. The van der Waals surface area contributed by atoms with Gasteiger partial charge in [0, 0.05) is 59.4 Å². The van der Waals surface area contributed by atoms with Crippen molar-refractivity contribution in [3.63, 3.8) is 0 Å². The zero-order chi connectivity index (χ0) is 27.1. The van der Waals surface area contributed by atoms with Crippen molar-refractivity contribution >= 4 is 28.1 Å². The second-order valence-electron chi connectivity index (χ2n) is 10.3. The summed E-state index contributed by atoms with van der Waals surface area (Å²) in [6, 6.07) is 13.4. The lowest BCUT2D eigenvalue weighted by Crippen LogP contribution is -2.35. The second-order valence-corrected chi connectivity index (χ2v) is 10.3. The van der Waals surface area contributed by atoms with E-state index in [1.807, 2.05) is 42.5 Å². The van der Waals surface area contributed by atoms with Crippen LogP contribution >= 0.6 is 0 Å². The van der Waals surface area contributed by atoms with Crippen LogP contribution in [0.1, 0.15) is 43.9 Å². The number of carbonyl (C=O) groups excluding carboxylic acids is 1. The number of fused-ring (bicyclic) bond motifs is 1. The molecule has 1 aliphatic heterocycles. The van der Waals surface area contributed by atoms with Gasteiger partial charge in [0.25, 0.3) is 0 Å². The monoisotopic (exact) mass is 508 g/mol. The number of allylic oxidation sites excluding steroid dienone is 1. The van der Waals surface area contributed by atoms with Gasteiger partial charge in [0.05, 0.1) is 30.0 Å². The van der Waals surface area contributed by atoms with Gasteiger partial charge < -0.3 is 20.1 Å². The molecule has 1 aromatic heterocycles. The summed E-state index contributed by atoms with van der Waals surface area (Å²) in [7, 11) is 0. The van der Waals surface area contributed by atoms with Crippen LogP contribution in [-0.4, -0.2) is 42.2 Å². The number of ether oxygens (including phenoxy) is 2. The molecule has 194 valence electrons. The molecule has 38 heavy (non-hydrogen) atoms. The number of terminal acetylenes is 1. The number of nitrogens with one attached hydrogen (secondary N) is 2. The van der Waals surface area contributed by atoms with Gasteiger partial charge in [0.15, 0.2) is 5.78 Å². The zero-order valence-corrected chi connectivity index (χ0v) is 22.0. The molecule has 0 bridgehead atoms. The Bertz CT molecular complexity index is 1430. The van der Waals surface area contributed by atoms with E-state index < -0.39 is 0 Å². The van der Waals surface area contributed by atoms with Crippen LogP contribution in [0.25, 0.3) is 10.9 Å². The van der Waals surface area contributed by atoms with Gasteiger partial charge in [-0.3, -0.25) is 9.78 Å². The summed E-state index contributed by atoms with van der Waals surface area (Å²) in [5.74, 6) is 3.18. The third kappa shape index (κ3) is 6.98. The number of carbonyl (C=O) groups is 1. The van der Waals surface area contributed by atoms with Gasteiger partial charge in [-0.25, -0.2) is 0 Å². The third-order valence-electron chi connectivity index (χ3n) is 6.07. The minimum absolute atomic E-state index is 0.0370. The summed E-state index contributed by atoms with van der Waals surface area (Å²) in [5.41, 5.74) is 3.79. The van der Waals surface area contributed by atoms with E-state index in [1.54, 1.807) is 6.08 Å². The molecule has 0 unspecified atom stereocenters. The molecule has 3 aromatic rings. The van der Waals surface area contributed by atoms with Crippen LogP contribution in [0.5, 0.6) is 5.75 Å². The quantitative estimate of drug-likeness (QED) is 0.308. The Kier molecular flexibility index (Phi) is 8.43. The number of ketones is 1. The Labute approximate surface area is 223 Å². The van der Waals surface area contributed by atoms with E-state index in [-0.39, 0.29) is 23.8 Å². The molecule has 0 spiro atoms. The number of pyridine rings is 1. The van der Waals surface area contributed by atoms with Crippen molar-refractivity contribution in [3.8, 4) is 24.2 Å². The summed E-state index contributed by atoms with van der Waals surface area (Å²) < 4.78 is 11.7. The highest BCUT2D eigenvalue weighted by molar-refractivity contribution is 5.99. The van der Waals surface area contributed by atoms with Crippen LogP contribution in [0.2, 0.25) is 0 Å². The van der Waals surface area contributed by atoms with E-state index in [9.17, 15) is 10.1 Å². The van der Waals surface area contributed by atoms with Crippen molar-refractivity contribution in [2.24, 2.45) is 0 Å². The number of nitrogens with zero attached hydrogens (tertiary/aromatic N) is 2. The first-order valence-corrected chi connectivity index (χ1v) is 12.6. The Hall–Kier alpha value is -4.17. The standard InChI is InChI=1S/C31H32N4O3/c1-5-21-8-6-9-24(14-21)35-30-23(18-32)19-33-28-17-29(38-26-11-13-37-20-26)22(16-27(28)30)15-25(36)10-7-12-34-31(2,3)4/h1,6-10,14,16-17,19,26,34H,11-13,15,20H2,2-4H3,(H,33,35)/b10-7+/t26-/m0/s1. The molecule has 7 nitrogen and oxygen atoms in total. The van der Waals surface area contributed by atoms with E-state index in [4.69, 9.17) is 15.9 Å². The molecule has 2 aromatic carbocycles. The maximum Gasteiger partial charge on any atom is 0.159 e. The fraction of sp³-hybridized carbons (Fsp3) is 0.323. The Morgan fingerprint density at radius 3 is 2.87 bits per heavy atom. The molecule has 2 heterocycles. The van der Waals surface area contributed by atoms with E-state index in [0.29, 0.717) is 47.7 Å². The minimum atomic E-state index is -0.0877. The van der Waals surface area contributed by atoms with Gasteiger partial charge in [0.2, 0.25) is 0 Å². The van der Waals surface area contributed by atoms with Gasteiger partial charge in [-0.15, -0.1) is 6.42 Å². The molecule has 1 aliphatic rings. The lowest BCUT2D eigenvalue weighted by Gasteiger charge is -2.19. The highest BCUT2D eigenvalue weighted by Crippen LogP contribution is 2.35. The summed E-state index contributed by atoms with van der Waals surface area (Å²) in [6.07, 6.45) is 11.4. The molecule has 4 rings (SSSR count). The van der Waals surface area contributed by atoms with E-state index in [1.165, 1.54) is 6.20 Å². The second kappa shape index (κ2) is 11.9.